The lowest BCUT2D eigenvalue weighted by Crippen LogP contribution is -2.33. The minimum Gasteiger partial charge on any atom is -0.495 e. The van der Waals surface area contributed by atoms with E-state index in [1.54, 1.807) is 7.11 Å². The lowest BCUT2D eigenvalue weighted by atomic mass is 10.0. The van der Waals surface area contributed by atoms with Crippen molar-refractivity contribution in [1.82, 2.24) is 4.90 Å². The van der Waals surface area contributed by atoms with Crippen LogP contribution in [0.2, 0.25) is 0 Å². The normalized spacial score (nSPS) is 14.0. The number of ether oxygens (including phenoxy) is 2. The number of nitrogens with one attached hydrogen (secondary N) is 1. The van der Waals surface area contributed by atoms with E-state index in [1.165, 1.54) is 4.90 Å². The monoisotopic (exact) mass is 408 g/mol. The zero-order valence-corrected chi connectivity index (χ0v) is 18.1. The Morgan fingerprint density at radius 1 is 1.03 bits per heavy atom. The molecule has 0 radical (unpaired) electrons. The van der Waals surface area contributed by atoms with E-state index >= 15 is 0 Å². The van der Waals surface area contributed by atoms with E-state index in [2.05, 4.69) is 5.32 Å². The molecule has 6 heteroatoms. The fraction of sp³-hybridized carbons (Fsp3) is 0.333. The van der Waals surface area contributed by atoms with Crippen LogP contribution >= 0.6 is 0 Å². The molecule has 158 valence electrons. The molecular weight excluding hydrogens is 380 g/mol. The number of hydrogen-bond acceptors (Lipinski definition) is 5. The second-order valence-corrected chi connectivity index (χ2v) is 7.53. The average Bonchev–Trinajstić information content (AvgIpc) is 2.93. The first-order valence-corrected chi connectivity index (χ1v) is 10.1. The predicted molar refractivity (Wildman–Crippen MR) is 117 cm³/mol. The van der Waals surface area contributed by atoms with Crippen LogP contribution in [-0.2, 0) is 9.59 Å². The summed E-state index contributed by atoms with van der Waals surface area (Å²) in [5.41, 5.74) is 2.93. The maximum absolute atomic E-state index is 13.1. The van der Waals surface area contributed by atoms with E-state index in [1.807, 2.05) is 70.2 Å². The first-order valence-electron chi connectivity index (χ1n) is 10.1. The molecule has 0 atom stereocenters. The molecule has 0 saturated carbocycles. The van der Waals surface area contributed by atoms with Gasteiger partial charge in [0.25, 0.3) is 11.8 Å². The average molecular weight is 408 g/mol. The maximum Gasteiger partial charge on any atom is 0.278 e. The highest BCUT2D eigenvalue weighted by molar-refractivity contribution is 6.36. The predicted octanol–water partition coefficient (Wildman–Crippen LogP) is 4.39. The highest BCUT2D eigenvalue weighted by atomic mass is 16.5. The largest absolute Gasteiger partial charge is 0.495 e. The third-order valence-electron chi connectivity index (χ3n) is 4.74. The van der Waals surface area contributed by atoms with Crippen molar-refractivity contribution in [3.63, 3.8) is 0 Å². The summed E-state index contributed by atoms with van der Waals surface area (Å²) in [6.45, 7) is 8.17. The maximum atomic E-state index is 13.1. The lowest BCUT2D eigenvalue weighted by molar-refractivity contribution is -0.136. The van der Waals surface area contributed by atoms with Crippen LogP contribution in [0.5, 0.6) is 11.5 Å². The summed E-state index contributed by atoms with van der Waals surface area (Å²) in [5, 5.41) is 3.18. The summed E-state index contributed by atoms with van der Waals surface area (Å²) in [5.74, 6) is 0.685. The Hall–Kier alpha value is -3.28. The van der Waals surface area contributed by atoms with Gasteiger partial charge in [-0.3, -0.25) is 14.5 Å². The Bertz CT molecular complexity index is 977. The van der Waals surface area contributed by atoms with Gasteiger partial charge in [-0.25, -0.2) is 0 Å². The van der Waals surface area contributed by atoms with E-state index in [0.717, 1.165) is 5.56 Å². The molecule has 0 unspecified atom stereocenters. The quantitative estimate of drug-likeness (QED) is 0.656. The van der Waals surface area contributed by atoms with Crippen molar-refractivity contribution in [3.8, 4) is 11.5 Å². The summed E-state index contributed by atoms with van der Waals surface area (Å²) < 4.78 is 11.1. The molecule has 2 aromatic carbocycles. The molecule has 0 spiro atoms. The molecule has 1 heterocycles. The molecule has 0 aromatic heterocycles. The van der Waals surface area contributed by atoms with Crippen LogP contribution in [0.4, 0.5) is 5.69 Å². The number of carbonyl (C=O) groups excluding carboxylic acids is 2. The minimum atomic E-state index is -0.331. The van der Waals surface area contributed by atoms with Crippen LogP contribution in [-0.4, -0.2) is 36.5 Å². The van der Waals surface area contributed by atoms with E-state index in [0.29, 0.717) is 41.3 Å². The van der Waals surface area contributed by atoms with Crippen LogP contribution in [0.15, 0.2) is 48.2 Å². The number of benzene rings is 2. The van der Waals surface area contributed by atoms with Crippen LogP contribution in [0.1, 0.15) is 38.3 Å². The van der Waals surface area contributed by atoms with Gasteiger partial charge in [-0.15, -0.1) is 0 Å². The Kier molecular flexibility index (Phi) is 6.45. The van der Waals surface area contributed by atoms with Gasteiger partial charge in [-0.2, -0.15) is 0 Å². The van der Waals surface area contributed by atoms with Gasteiger partial charge in [-0.1, -0.05) is 25.1 Å². The third kappa shape index (κ3) is 4.32. The number of anilines is 1. The summed E-state index contributed by atoms with van der Waals surface area (Å²) >= 11 is 0. The second kappa shape index (κ2) is 9.03. The van der Waals surface area contributed by atoms with Crippen LogP contribution < -0.4 is 14.8 Å². The number of carbonyl (C=O) groups is 2. The van der Waals surface area contributed by atoms with Crippen molar-refractivity contribution >= 4 is 23.1 Å². The number of aryl methyl sites for hydroxylation is 1. The van der Waals surface area contributed by atoms with Crippen molar-refractivity contribution in [1.29, 1.82) is 0 Å². The third-order valence-corrected chi connectivity index (χ3v) is 4.74. The highest BCUT2D eigenvalue weighted by Crippen LogP contribution is 2.34. The fourth-order valence-electron chi connectivity index (χ4n) is 3.41. The van der Waals surface area contributed by atoms with Gasteiger partial charge >= 0.3 is 0 Å². The molecule has 2 amide bonds. The Balaban J connectivity index is 2.06. The molecular formula is C24H28N2O4. The Morgan fingerprint density at radius 3 is 2.33 bits per heavy atom. The molecule has 2 aromatic rings. The summed E-state index contributed by atoms with van der Waals surface area (Å²) in [7, 11) is 1.57. The molecule has 30 heavy (non-hydrogen) atoms. The number of amides is 2. The number of methoxy groups -OCH3 is 1. The van der Waals surface area contributed by atoms with Gasteiger partial charge in [0.15, 0.2) is 0 Å². The van der Waals surface area contributed by atoms with Gasteiger partial charge in [-0.05, 0) is 62.6 Å². The molecule has 0 bridgehead atoms. The summed E-state index contributed by atoms with van der Waals surface area (Å²) in [4.78, 5) is 27.5. The second-order valence-electron chi connectivity index (χ2n) is 7.53. The number of rotatable bonds is 8. The van der Waals surface area contributed by atoms with Gasteiger partial charge in [0.05, 0.1) is 24.5 Å². The number of imide groups is 1. The smallest absolute Gasteiger partial charge is 0.278 e. The Labute approximate surface area is 177 Å². The Morgan fingerprint density at radius 2 is 1.73 bits per heavy atom. The number of hydrogen-bond donors (Lipinski definition) is 1. The topological polar surface area (TPSA) is 67.9 Å². The molecule has 6 nitrogen and oxygen atoms in total. The van der Waals surface area contributed by atoms with E-state index in [4.69, 9.17) is 9.47 Å². The molecule has 0 saturated heterocycles. The zero-order valence-electron chi connectivity index (χ0n) is 18.1. The van der Waals surface area contributed by atoms with Gasteiger partial charge in [0.1, 0.15) is 17.2 Å². The molecule has 0 fully saturated rings. The van der Waals surface area contributed by atoms with E-state index in [-0.39, 0.29) is 23.6 Å². The molecule has 1 aliphatic heterocycles. The van der Waals surface area contributed by atoms with Crippen LogP contribution in [0, 0.1) is 6.92 Å². The zero-order chi connectivity index (χ0) is 21.8. The lowest BCUT2D eigenvalue weighted by Gasteiger charge is -2.15. The summed E-state index contributed by atoms with van der Waals surface area (Å²) in [6.07, 6.45) is 0.739. The van der Waals surface area contributed by atoms with Crippen molar-refractivity contribution in [2.75, 3.05) is 19.0 Å². The van der Waals surface area contributed by atoms with Gasteiger partial charge in [0.2, 0.25) is 0 Å². The first kappa shape index (κ1) is 21.4. The van der Waals surface area contributed by atoms with Crippen molar-refractivity contribution in [2.24, 2.45) is 0 Å². The molecule has 3 rings (SSSR count). The van der Waals surface area contributed by atoms with Crippen LogP contribution in [0.25, 0.3) is 5.57 Å². The number of nitrogens with zero attached hydrogens (tertiary/aromatic N) is 1. The molecule has 1 aliphatic rings. The standard InChI is InChI=1S/C24H28N2O4/c1-6-13-26-23(27)21(17-8-10-18(11-9-17)30-15(2)3)22(24(26)28)25-19-14-16(4)7-12-20(19)29-5/h7-12,14-15,25H,6,13H2,1-5H3. The van der Waals surface area contributed by atoms with Crippen LogP contribution in [0.3, 0.4) is 0 Å². The molecule has 0 aliphatic carbocycles. The minimum absolute atomic E-state index is 0.0517. The van der Waals surface area contributed by atoms with Crippen molar-refractivity contribution in [3.05, 3.63) is 59.3 Å². The fourth-order valence-corrected chi connectivity index (χ4v) is 3.41. The van der Waals surface area contributed by atoms with E-state index in [9.17, 15) is 9.59 Å². The van der Waals surface area contributed by atoms with E-state index < -0.39 is 0 Å². The first-order chi connectivity index (χ1) is 14.3. The summed E-state index contributed by atoms with van der Waals surface area (Å²) in [6, 6.07) is 12.9. The molecule has 1 N–H and O–H groups in total. The van der Waals surface area contributed by atoms with Gasteiger partial charge in [0, 0.05) is 6.54 Å². The highest BCUT2D eigenvalue weighted by Gasteiger charge is 2.39. The van der Waals surface area contributed by atoms with Gasteiger partial charge < -0.3 is 14.8 Å². The van der Waals surface area contributed by atoms with Crippen molar-refractivity contribution < 1.29 is 19.1 Å². The van der Waals surface area contributed by atoms with Crippen molar-refractivity contribution in [2.45, 2.75) is 40.2 Å². The SMILES string of the molecule is CCCN1C(=O)C(Nc2cc(C)ccc2OC)=C(c2ccc(OC(C)C)cc2)C1=O.